The van der Waals surface area contributed by atoms with Gasteiger partial charge in [0.25, 0.3) is 0 Å². The summed E-state index contributed by atoms with van der Waals surface area (Å²) in [5.41, 5.74) is -0.607. The minimum absolute atomic E-state index is 0.190. The third kappa shape index (κ3) is 2.44. The van der Waals surface area contributed by atoms with Gasteiger partial charge >= 0.3 is 11.8 Å². The topological polar surface area (TPSA) is 111 Å². The Morgan fingerprint density at radius 3 is 2.70 bits per heavy atom. The fraction of sp³-hybridized carbons (Fsp3) is 0.636. The van der Waals surface area contributed by atoms with Gasteiger partial charge in [-0.25, -0.2) is 4.79 Å². The first-order chi connectivity index (χ1) is 9.23. The Morgan fingerprint density at radius 2 is 2.20 bits per heavy atom. The maximum absolute atomic E-state index is 11.0. The first-order valence-electron chi connectivity index (χ1n) is 6.02. The highest BCUT2D eigenvalue weighted by Crippen LogP contribution is 2.36. The number of imidazole rings is 1. The van der Waals surface area contributed by atoms with Gasteiger partial charge in [0.1, 0.15) is 12.2 Å². The van der Waals surface area contributed by atoms with E-state index in [1.54, 1.807) is 30.4 Å². The molecule has 0 amide bonds. The smallest absolute Gasteiger partial charge is 0.406 e. The molecular weight excluding hydrogens is 268 g/mol. The number of hydrogen-bond acceptors (Lipinski definition) is 6. The van der Waals surface area contributed by atoms with Crippen LogP contribution in [0.1, 0.15) is 12.7 Å². The molecule has 9 heteroatoms. The largest absolute Gasteiger partial charge is 0.480 e. The van der Waals surface area contributed by atoms with Crippen LogP contribution in [0.3, 0.4) is 0 Å². The maximum Gasteiger partial charge on any atom is 0.406 e. The van der Waals surface area contributed by atoms with Gasteiger partial charge in [0, 0.05) is 14.0 Å². The van der Waals surface area contributed by atoms with Crippen LogP contribution in [0.5, 0.6) is 0 Å². The predicted octanol–water partition coefficient (Wildman–Crippen LogP) is 0.317. The van der Waals surface area contributed by atoms with E-state index in [-0.39, 0.29) is 12.4 Å². The minimum atomic E-state index is -1.04. The van der Waals surface area contributed by atoms with Crippen molar-refractivity contribution in [1.82, 2.24) is 9.55 Å². The SMILES string of the molecule is Cc1nc([N+](=O)[O-])c(N2CC(C)(OCC(=O)O)C2)n1C. The van der Waals surface area contributed by atoms with E-state index in [9.17, 15) is 14.9 Å². The van der Waals surface area contributed by atoms with E-state index in [1.165, 1.54) is 0 Å². The molecule has 0 radical (unpaired) electrons. The lowest BCUT2D eigenvalue weighted by molar-refractivity contribution is -0.388. The number of rotatable bonds is 5. The van der Waals surface area contributed by atoms with Crippen LogP contribution >= 0.6 is 0 Å². The molecule has 110 valence electrons. The van der Waals surface area contributed by atoms with Gasteiger partial charge in [-0.3, -0.25) is 4.57 Å². The Kier molecular flexibility index (Phi) is 3.38. The standard InChI is InChI=1S/C11H16N4O5/c1-7-12-9(15(18)19)10(13(7)3)14-5-11(2,6-14)20-4-8(16)17/h4-6H2,1-3H3,(H,16,17). The first kappa shape index (κ1) is 14.3. The lowest BCUT2D eigenvalue weighted by Crippen LogP contribution is -2.62. The van der Waals surface area contributed by atoms with Crippen LogP contribution in [-0.4, -0.2) is 50.8 Å². The van der Waals surface area contributed by atoms with Crippen molar-refractivity contribution in [3.8, 4) is 0 Å². The minimum Gasteiger partial charge on any atom is -0.480 e. The number of carboxylic acids is 1. The van der Waals surface area contributed by atoms with E-state index < -0.39 is 16.5 Å². The van der Waals surface area contributed by atoms with Gasteiger partial charge in [-0.15, -0.1) is 0 Å². The molecule has 0 unspecified atom stereocenters. The van der Waals surface area contributed by atoms with Crippen LogP contribution in [0.25, 0.3) is 0 Å². The average Bonchev–Trinajstić information content (AvgIpc) is 2.60. The quantitative estimate of drug-likeness (QED) is 0.612. The fourth-order valence-electron chi connectivity index (χ4n) is 2.30. The van der Waals surface area contributed by atoms with Gasteiger partial charge in [-0.05, 0) is 16.8 Å². The summed E-state index contributed by atoms with van der Waals surface area (Å²) in [4.78, 5) is 26.7. The number of anilines is 1. The van der Waals surface area contributed by atoms with Crippen molar-refractivity contribution in [2.24, 2.45) is 7.05 Å². The molecule has 1 saturated heterocycles. The van der Waals surface area contributed by atoms with E-state index in [0.717, 1.165) is 0 Å². The number of carboxylic acid groups (broad SMARTS) is 1. The summed E-state index contributed by atoms with van der Waals surface area (Å²) < 4.78 is 6.93. The lowest BCUT2D eigenvalue weighted by Gasteiger charge is -2.47. The molecule has 0 atom stereocenters. The predicted molar refractivity (Wildman–Crippen MR) is 68.8 cm³/mol. The van der Waals surface area contributed by atoms with E-state index >= 15 is 0 Å². The number of aliphatic carboxylic acids is 1. The summed E-state index contributed by atoms with van der Waals surface area (Å²) >= 11 is 0. The zero-order valence-corrected chi connectivity index (χ0v) is 11.5. The van der Waals surface area contributed by atoms with Gasteiger partial charge in [0.2, 0.25) is 11.6 Å². The highest BCUT2D eigenvalue weighted by Gasteiger charge is 2.44. The number of nitro groups is 1. The molecule has 1 aliphatic heterocycles. The molecule has 1 aromatic rings. The van der Waals surface area contributed by atoms with Gasteiger partial charge < -0.3 is 24.9 Å². The van der Waals surface area contributed by atoms with Crippen molar-refractivity contribution in [1.29, 1.82) is 0 Å². The highest BCUT2D eigenvalue weighted by atomic mass is 16.6. The Hall–Kier alpha value is -2.16. The summed E-state index contributed by atoms with van der Waals surface area (Å²) in [5, 5.41) is 19.6. The molecule has 1 N–H and O–H groups in total. The van der Waals surface area contributed by atoms with Crippen LogP contribution in [0.15, 0.2) is 0 Å². The molecule has 2 rings (SSSR count). The number of ether oxygens (including phenoxy) is 1. The van der Waals surface area contributed by atoms with Gasteiger partial charge in [0.15, 0.2) is 0 Å². The normalized spacial score (nSPS) is 16.9. The van der Waals surface area contributed by atoms with E-state index in [1.807, 2.05) is 0 Å². The van der Waals surface area contributed by atoms with Crippen LogP contribution in [0, 0.1) is 17.0 Å². The van der Waals surface area contributed by atoms with Gasteiger partial charge in [-0.1, -0.05) is 0 Å². The summed E-state index contributed by atoms with van der Waals surface area (Å²) in [6, 6.07) is 0. The zero-order chi connectivity index (χ0) is 15.1. The number of hydrogen-bond donors (Lipinski definition) is 1. The highest BCUT2D eigenvalue weighted by molar-refractivity contribution is 5.68. The summed E-state index contributed by atoms with van der Waals surface area (Å²) in [6.45, 7) is 3.87. The maximum atomic E-state index is 11.0. The number of carbonyl (C=O) groups is 1. The third-order valence-corrected chi connectivity index (χ3v) is 3.34. The molecule has 9 nitrogen and oxygen atoms in total. The Balaban J connectivity index is 2.13. The second-order valence-corrected chi connectivity index (χ2v) is 5.11. The summed E-state index contributed by atoms with van der Waals surface area (Å²) in [7, 11) is 1.71. The van der Waals surface area contributed by atoms with E-state index in [2.05, 4.69) is 4.98 Å². The molecule has 0 spiro atoms. The molecule has 1 aromatic heterocycles. The van der Waals surface area contributed by atoms with Crippen LogP contribution in [0.2, 0.25) is 0 Å². The number of aromatic nitrogens is 2. The second-order valence-electron chi connectivity index (χ2n) is 5.11. The molecule has 20 heavy (non-hydrogen) atoms. The molecule has 1 aliphatic rings. The van der Waals surface area contributed by atoms with Crippen molar-refractivity contribution in [3.05, 3.63) is 15.9 Å². The summed E-state index contributed by atoms with van der Waals surface area (Å²) in [6.07, 6.45) is 0. The molecule has 2 heterocycles. The fourth-order valence-corrected chi connectivity index (χ4v) is 2.30. The first-order valence-corrected chi connectivity index (χ1v) is 6.02. The molecule has 0 aliphatic carbocycles. The number of nitrogens with zero attached hydrogens (tertiary/aromatic N) is 4. The third-order valence-electron chi connectivity index (χ3n) is 3.34. The Morgan fingerprint density at radius 1 is 1.60 bits per heavy atom. The van der Waals surface area contributed by atoms with Crippen molar-refractivity contribution in [3.63, 3.8) is 0 Å². The monoisotopic (exact) mass is 284 g/mol. The lowest BCUT2D eigenvalue weighted by atomic mass is 9.96. The van der Waals surface area contributed by atoms with E-state index in [0.29, 0.717) is 24.7 Å². The molecule has 0 bridgehead atoms. The zero-order valence-electron chi connectivity index (χ0n) is 11.5. The Labute approximate surface area is 114 Å². The summed E-state index contributed by atoms with van der Waals surface area (Å²) in [5.74, 6) is -0.257. The molecule has 0 saturated carbocycles. The van der Waals surface area contributed by atoms with Crippen LogP contribution in [-0.2, 0) is 16.6 Å². The van der Waals surface area contributed by atoms with Crippen molar-refractivity contribution in [2.45, 2.75) is 19.4 Å². The van der Waals surface area contributed by atoms with Crippen molar-refractivity contribution < 1.29 is 19.6 Å². The molecule has 1 fully saturated rings. The van der Waals surface area contributed by atoms with Crippen LogP contribution in [0.4, 0.5) is 11.6 Å². The van der Waals surface area contributed by atoms with E-state index in [4.69, 9.17) is 9.84 Å². The Bertz CT molecular complexity index is 561. The van der Waals surface area contributed by atoms with Gasteiger partial charge in [-0.2, -0.15) is 0 Å². The molecular formula is C11H16N4O5. The van der Waals surface area contributed by atoms with Crippen molar-refractivity contribution in [2.75, 3.05) is 24.6 Å². The average molecular weight is 284 g/mol. The number of aryl methyl sites for hydroxylation is 1. The molecule has 0 aromatic carbocycles. The van der Waals surface area contributed by atoms with Crippen molar-refractivity contribution >= 4 is 17.6 Å². The second kappa shape index (κ2) is 4.75. The van der Waals surface area contributed by atoms with Gasteiger partial charge in [0.05, 0.1) is 13.1 Å². The van der Waals surface area contributed by atoms with Crippen LogP contribution < -0.4 is 4.90 Å².